The second kappa shape index (κ2) is 5.27. The van der Waals surface area contributed by atoms with Crippen LogP contribution >= 0.6 is 0 Å². The second-order valence-electron chi connectivity index (χ2n) is 6.61. The van der Waals surface area contributed by atoms with E-state index in [0.717, 1.165) is 41.4 Å². The highest BCUT2D eigenvalue weighted by Gasteiger charge is 2.26. The fraction of sp³-hybridized carbons (Fsp3) is 0.500. The van der Waals surface area contributed by atoms with Crippen LogP contribution < -0.4 is 14.2 Å². The average Bonchev–Trinajstić information content (AvgIpc) is 3.19. The van der Waals surface area contributed by atoms with E-state index < -0.39 is 0 Å². The van der Waals surface area contributed by atoms with Crippen molar-refractivity contribution in [3.8, 4) is 17.4 Å². The molecular weight excluding hydrogens is 292 g/mol. The van der Waals surface area contributed by atoms with Gasteiger partial charge >= 0.3 is 0 Å². The summed E-state index contributed by atoms with van der Waals surface area (Å²) in [6.45, 7) is 2.92. The largest absolute Gasteiger partial charge is 0.476 e. The quantitative estimate of drug-likeness (QED) is 0.809. The van der Waals surface area contributed by atoms with Gasteiger partial charge in [0.2, 0.25) is 12.7 Å². The van der Waals surface area contributed by atoms with Gasteiger partial charge in [0, 0.05) is 36.1 Å². The Labute approximate surface area is 135 Å². The molecule has 2 aromatic rings. The summed E-state index contributed by atoms with van der Waals surface area (Å²) in [4.78, 5) is 7.30. The van der Waals surface area contributed by atoms with Crippen LogP contribution in [0.25, 0.3) is 10.9 Å². The van der Waals surface area contributed by atoms with Gasteiger partial charge in [0.25, 0.3) is 0 Å². The lowest BCUT2D eigenvalue weighted by Crippen LogP contribution is -2.34. The summed E-state index contributed by atoms with van der Waals surface area (Å²) in [6, 6.07) is 6.88. The van der Waals surface area contributed by atoms with Crippen molar-refractivity contribution < 1.29 is 14.2 Å². The lowest BCUT2D eigenvalue weighted by Gasteiger charge is -2.26. The van der Waals surface area contributed by atoms with Crippen molar-refractivity contribution in [3.63, 3.8) is 0 Å². The molecule has 120 valence electrons. The molecule has 0 bridgehead atoms. The summed E-state index contributed by atoms with van der Waals surface area (Å²) in [5, 5.41) is 1.09. The number of ether oxygens (including phenoxy) is 3. The lowest BCUT2D eigenvalue weighted by atomic mass is 10.1. The normalized spacial score (nSPS) is 21.2. The zero-order valence-corrected chi connectivity index (χ0v) is 13.1. The molecule has 0 amide bonds. The van der Waals surface area contributed by atoms with E-state index in [1.165, 1.54) is 31.2 Å². The van der Waals surface area contributed by atoms with E-state index in [9.17, 15) is 0 Å². The minimum Gasteiger partial charge on any atom is -0.476 e. The Bertz CT molecular complexity index is 756. The van der Waals surface area contributed by atoms with Gasteiger partial charge in [-0.2, -0.15) is 0 Å². The Morgan fingerprint density at radius 3 is 2.70 bits per heavy atom. The van der Waals surface area contributed by atoms with E-state index in [4.69, 9.17) is 19.2 Å². The molecule has 1 fully saturated rings. The van der Waals surface area contributed by atoms with Crippen molar-refractivity contribution in [1.82, 2.24) is 9.88 Å². The van der Waals surface area contributed by atoms with Crippen LogP contribution in [0.2, 0.25) is 0 Å². The van der Waals surface area contributed by atoms with Gasteiger partial charge in [0.15, 0.2) is 11.5 Å². The number of hydrogen-bond donors (Lipinski definition) is 0. The maximum absolute atomic E-state index is 5.94. The van der Waals surface area contributed by atoms with E-state index in [-0.39, 0.29) is 6.79 Å². The summed E-state index contributed by atoms with van der Waals surface area (Å²) in [5.74, 6) is 2.35. The molecule has 5 nitrogen and oxygen atoms in total. The Morgan fingerprint density at radius 2 is 1.83 bits per heavy atom. The Hall–Kier alpha value is -2.01. The first-order valence-electron chi connectivity index (χ1n) is 8.47. The van der Waals surface area contributed by atoms with Crippen LogP contribution in [0.4, 0.5) is 0 Å². The molecule has 1 aromatic heterocycles. The molecule has 1 aromatic carbocycles. The average molecular weight is 312 g/mol. The van der Waals surface area contributed by atoms with Crippen LogP contribution in [0.3, 0.4) is 0 Å². The summed E-state index contributed by atoms with van der Waals surface area (Å²) >= 11 is 0. The van der Waals surface area contributed by atoms with E-state index in [0.29, 0.717) is 12.6 Å². The van der Waals surface area contributed by atoms with E-state index in [1.54, 1.807) is 0 Å². The van der Waals surface area contributed by atoms with Crippen molar-refractivity contribution in [2.75, 3.05) is 19.9 Å². The molecular formula is C18H20N2O3. The monoisotopic (exact) mass is 312 g/mol. The number of hydrogen-bond acceptors (Lipinski definition) is 5. The first-order valence-corrected chi connectivity index (χ1v) is 8.47. The maximum Gasteiger partial charge on any atom is 0.231 e. The number of aromatic nitrogens is 1. The molecule has 23 heavy (non-hydrogen) atoms. The van der Waals surface area contributed by atoms with Gasteiger partial charge in [0.1, 0.15) is 6.61 Å². The minimum absolute atomic E-state index is 0.289. The van der Waals surface area contributed by atoms with Gasteiger partial charge in [0.05, 0.1) is 5.52 Å². The molecule has 1 saturated carbocycles. The molecule has 3 heterocycles. The fourth-order valence-electron chi connectivity index (χ4n) is 3.97. The van der Waals surface area contributed by atoms with Gasteiger partial charge < -0.3 is 14.2 Å². The summed E-state index contributed by atoms with van der Waals surface area (Å²) in [5.41, 5.74) is 2.09. The molecule has 0 radical (unpaired) electrons. The zero-order valence-electron chi connectivity index (χ0n) is 13.1. The summed E-state index contributed by atoms with van der Waals surface area (Å²) in [6.07, 6.45) is 5.34. The Balaban J connectivity index is 1.54. The zero-order chi connectivity index (χ0) is 15.2. The van der Waals surface area contributed by atoms with Crippen LogP contribution in [0.1, 0.15) is 31.2 Å². The first-order chi connectivity index (χ1) is 11.4. The number of nitrogens with zero attached hydrogens (tertiary/aromatic N) is 2. The highest BCUT2D eigenvalue weighted by Crippen LogP contribution is 2.37. The van der Waals surface area contributed by atoms with Crippen LogP contribution in [-0.2, 0) is 6.54 Å². The standard InChI is InChI=1S/C18H20N2O3/c1-2-4-14(3-1)20-5-6-21-18-13(10-20)7-12-8-16-17(23-11-22-16)9-15(12)19-18/h7-9,14H,1-6,10-11H2. The molecule has 5 rings (SSSR count). The Morgan fingerprint density at radius 1 is 1.00 bits per heavy atom. The van der Waals surface area contributed by atoms with E-state index in [1.807, 2.05) is 12.1 Å². The van der Waals surface area contributed by atoms with E-state index >= 15 is 0 Å². The highest BCUT2D eigenvalue weighted by atomic mass is 16.7. The van der Waals surface area contributed by atoms with Crippen molar-refractivity contribution >= 4 is 10.9 Å². The summed E-state index contributed by atoms with van der Waals surface area (Å²) < 4.78 is 16.9. The van der Waals surface area contributed by atoms with Crippen molar-refractivity contribution in [2.24, 2.45) is 0 Å². The second-order valence-corrected chi connectivity index (χ2v) is 6.61. The molecule has 0 N–H and O–H groups in total. The number of benzene rings is 1. The van der Waals surface area contributed by atoms with Crippen LogP contribution in [-0.4, -0.2) is 35.9 Å². The summed E-state index contributed by atoms with van der Waals surface area (Å²) in [7, 11) is 0. The van der Waals surface area contributed by atoms with Crippen LogP contribution in [0, 0.1) is 0 Å². The first kappa shape index (κ1) is 13.4. The SMILES string of the molecule is c1c2c(nc3cc4c(cc13)OCO4)OCCN(C1CCCC1)C2. The molecule has 2 aliphatic heterocycles. The van der Waals surface area contributed by atoms with Gasteiger partial charge in [-0.15, -0.1) is 0 Å². The van der Waals surface area contributed by atoms with Crippen molar-refractivity contribution in [3.05, 3.63) is 23.8 Å². The lowest BCUT2D eigenvalue weighted by molar-refractivity contribution is 0.170. The predicted molar refractivity (Wildman–Crippen MR) is 86.0 cm³/mol. The smallest absolute Gasteiger partial charge is 0.231 e. The molecule has 5 heteroatoms. The maximum atomic E-state index is 5.94. The fourth-order valence-corrected chi connectivity index (χ4v) is 3.97. The molecule has 1 aliphatic carbocycles. The van der Waals surface area contributed by atoms with Crippen molar-refractivity contribution in [2.45, 2.75) is 38.3 Å². The van der Waals surface area contributed by atoms with Gasteiger partial charge in [-0.1, -0.05) is 12.8 Å². The third kappa shape index (κ3) is 2.30. The third-order valence-corrected chi connectivity index (χ3v) is 5.18. The Kier molecular flexibility index (Phi) is 3.08. The van der Waals surface area contributed by atoms with Gasteiger partial charge in [-0.05, 0) is 25.0 Å². The minimum atomic E-state index is 0.289. The molecule has 0 atom stereocenters. The number of pyridine rings is 1. The van der Waals surface area contributed by atoms with Crippen LogP contribution in [0.5, 0.6) is 17.4 Å². The topological polar surface area (TPSA) is 43.8 Å². The molecule has 0 spiro atoms. The number of fused-ring (bicyclic) bond motifs is 3. The van der Waals surface area contributed by atoms with Gasteiger partial charge in [-0.3, -0.25) is 4.90 Å². The molecule has 0 saturated heterocycles. The number of rotatable bonds is 1. The third-order valence-electron chi connectivity index (χ3n) is 5.18. The highest BCUT2D eigenvalue weighted by molar-refractivity contribution is 5.84. The molecule has 0 unspecified atom stereocenters. The van der Waals surface area contributed by atoms with Gasteiger partial charge in [-0.25, -0.2) is 4.98 Å². The van der Waals surface area contributed by atoms with Crippen LogP contribution in [0.15, 0.2) is 18.2 Å². The predicted octanol–water partition coefficient (Wildman–Crippen LogP) is 3.10. The van der Waals surface area contributed by atoms with Crippen molar-refractivity contribution in [1.29, 1.82) is 0 Å². The molecule has 3 aliphatic rings. The van der Waals surface area contributed by atoms with E-state index in [2.05, 4.69) is 11.0 Å².